The Balaban J connectivity index is 1.96. The number of phenols is 1. The smallest absolute Gasteiger partial charge is 0.300 e. The largest absolute Gasteiger partial charge is 0.508 e. The van der Waals surface area contributed by atoms with Gasteiger partial charge in [0.2, 0.25) is 0 Å². The standard InChI is InChI=1S/C29H29NO5/c1-17-7-6-8-20(15-17)30-25(18-9-12-21(31)13-10-18)24(27(33)28(30)34)26(32)19-11-14-23(35-5)22(16-19)29(2,3)4/h6-16,25,31-32H,1-5H3/b26-24-. The number of ketones is 1. The van der Waals surface area contributed by atoms with Gasteiger partial charge in [-0.15, -0.1) is 0 Å². The Morgan fingerprint density at radius 1 is 0.971 bits per heavy atom. The van der Waals surface area contributed by atoms with Crippen LogP contribution in [0.2, 0.25) is 0 Å². The molecule has 1 amide bonds. The van der Waals surface area contributed by atoms with E-state index >= 15 is 0 Å². The Kier molecular flexibility index (Phi) is 6.15. The van der Waals surface area contributed by atoms with Crippen LogP contribution in [0.25, 0.3) is 5.76 Å². The molecule has 3 aromatic rings. The van der Waals surface area contributed by atoms with E-state index in [0.29, 0.717) is 22.6 Å². The molecule has 6 heteroatoms. The quantitative estimate of drug-likeness (QED) is 0.292. The van der Waals surface area contributed by atoms with Crippen molar-refractivity contribution < 1.29 is 24.5 Å². The van der Waals surface area contributed by atoms with Crippen LogP contribution >= 0.6 is 0 Å². The van der Waals surface area contributed by atoms with Crippen molar-refractivity contribution in [1.82, 2.24) is 0 Å². The SMILES string of the molecule is COc1ccc(/C(O)=C2/C(=O)C(=O)N(c3cccc(C)c3)C2c2ccc(O)cc2)cc1C(C)(C)C. The van der Waals surface area contributed by atoms with Gasteiger partial charge in [0.05, 0.1) is 18.7 Å². The number of ether oxygens (including phenoxy) is 1. The lowest BCUT2D eigenvalue weighted by Crippen LogP contribution is -2.29. The van der Waals surface area contributed by atoms with Crippen molar-refractivity contribution in [1.29, 1.82) is 0 Å². The lowest BCUT2D eigenvalue weighted by Gasteiger charge is -2.26. The topological polar surface area (TPSA) is 87.1 Å². The number of methoxy groups -OCH3 is 1. The lowest BCUT2D eigenvalue weighted by molar-refractivity contribution is -0.132. The van der Waals surface area contributed by atoms with E-state index in [1.807, 2.05) is 45.9 Å². The summed E-state index contributed by atoms with van der Waals surface area (Å²) >= 11 is 0. The molecule has 35 heavy (non-hydrogen) atoms. The Morgan fingerprint density at radius 2 is 1.66 bits per heavy atom. The zero-order chi connectivity index (χ0) is 25.5. The maximum absolute atomic E-state index is 13.4. The fraction of sp³-hybridized carbons (Fsp3) is 0.241. The first kappa shape index (κ1) is 24.1. The second-order valence-corrected chi connectivity index (χ2v) is 9.76. The van der Waals surface area contributed by atoms with Crippen LogP contribution in [0.1, 0.15) is 49.1 Å². The summed E-state index contributed by atoms with van der Waals surface area (Å²) in [6, 6.07) is 18.0. The van der Waals surface area contributed by atoms with Crippen LogP contribution in [-0.2, 0) is 15.0 Å². The molecule has 4 rings (SSSR count). The van der Waals surface area contributed by atoms with E-state index in [2.05, 4.69) is 0 Å². The summed E-state index contributed by atoms with van der Waals surface area (Å²) < 4.78 is 5.51. The first-order valence-corrected chi connectivity index (χ1v) is 11.4. The normalized spacial score (nSPS) is 17.6. The van der Waals surface area contributed by atoms with Crippen molar-refractivity contribution >= 4 is 23.1 Å². The highest BCUT2D eigenvalue weighted by Gasteiger charge is 2.47. The van der Waals surface area contributed by atoms with E-state index < -0.39 is 17.7 Å². The minimum absolute atomic E-state index is 0.00720. The molecule has 6 nitrogen and oxygen atoms in total. The number of nitrogens with zero attached hydrogens (tertiary/aromatic N) is 1. The predicted molar refractivity (Wildman–Crippen MR) is 136 cm³/mol. The first-order valence-electron chi connectivity index (χ1n) is 11.4. The zero-order valence-corrected chi connectivity index (χ0v) is 20.5. The molecule has 2 N–H and O–H groups in total. The van der Waals surface area contributed by atoms with Gasteiger partial charge in [-0.1, -0.05) is 45.0 Å². The van der Waals surface area contributed by atoms with Crippen LogP contribution < -0.4 is 9.64 Å². The molecule has 0 aromatic heterocycles. The molecule has 0 saturated carbocycles. The highest BCUT2D eigenvalue weighted by atomic mass is 16.5. The molecule has 1 aliphatic heterocycles. The number of hydrogen-bond donors (Lipinski definition) is 2. The van der Waals surface area contributed by atoms with Crippen molar-refractivity contribution in [3.63, 3.8) is 0 Å². The number of aromatic hydroxyl groups is 1. The summed E-state index contributed by atoms with van der Waals surface area (Å²) in [5, 5.41) is 21.3. The van der Waals surface area contributed by atoms with Crippen LogP contribution in [0.15, 0.2) is 72.3 Å². The number of aliphatic hydroxyl groups excluding tert-OH is 1. The molecule has 3 aromatic carbocycles. The van der Waals surface area contributed by atoms with Crippen LogP contribution in [0.4, 0.5) is 5.69 Å². The molecule has 1 fully saturated rings. The Morgan fingerprint density at radius 3 is 2.26 bits per heavy atom. The van der Waals surface area contributed by atoms with Crippen molar-refractivity contribution in [2.75, 3.05) is 12.0 Å². The molecule has 0 radical (unpaired) electrons. The van der Waals surface area contributed by atoms with Crippen LogP contribution in [0.5, 0.6) is 11.5 Å². The van der Waals surface area contributed by atoms with Gasteiger partial charge in [-0.3, -0.25) is 14.5 Å². The summed E-state index contributed by atoms with van der Waals surface area (Å²) in [6.07, 6.45) is 0. The average molecular weight is 472 g/mol. The number of benzene rings is 3. The van der Waals surface area contributed by atoms with Crippen molar-refractivity contribution in [3.8, 4) is 11.5 Å². The minimum atomic E-state index is -0.863. The molecule has 180 valence electrons. The van der Waals surface area contributed by atoms with Gasteiger partial charge in [0.25, 0.3) is 11.7 Å². The number of rotatable bonds is 4. The number of carbonyl (C=O) groups is 2. The number of Topliss-reactive ketones (excluding diaryl/α,β-unsaturated/α-hetero) is 1. The molecule has 0 spiro atoms. The number of hydrogen-bond acceptors (Lipinski definition) is 5. The van der Waals surface area contributed by atoms with Gasteiger partial charge in [0.1, 0.15) is 17.3 Å². The third-order valence-corrected chi connectivity index (χ3v) is 6.21. The van der Waals surface area contributed by atoms with Gasteiger partial charge in [-0.2, -0.15) is 0 Å². The Labute approximate surface area is 205 Å². The molecule has 0 aliphatic carbocycles. The van der Waals surface area contributed by atoms with Crippen molar-refractivity contribution in [2.24, 2.45) is 0 Å². The van der Waals surface area contributed by atoms with Gasteiger partial charge in [0.15, 0.2) is 0 Å². The van der Waals surface area contributed by atoms with Gasteiger partial charge in [-0.25, -0.2) is 0 Å². The van der Waals surface area contributed by atoms with E-state index in [-0.39, 0.29) is 22.5 Å². The first-order chi connectivity index (χ1) is 16.5. The maximum Gasteiger partial charge on any atom is 0.300 e. The highest BCUT2D eigenvalue weighted by molar-refractivity contribution is 6.51. The van der Waals surface area contributed by atoms with E-state index in [1.54, 1.807) is 43.5 Å². The van der Waals surface area contributed by atoms with Gasteiger partial charge < -0.3 is 14.9 Å². The number of phenolic OH excluding ortho intramolecular Hbond substituents is 1. The molecule has 1 heterocycles. The summed E-state index contributed by atoms with van der Waals surface area (Å²) in [5.74, 6) is -1.02. The van der Waals surface area contributed by atoms with Gasteiger partial charge in [-0.05, 0) is 65.9 Å². The molecule has 1 aliphatic rings. The highest BCUT2D eigenvalue weighted by Crippen LogP contribution is 2.43. The summed E-state index contributed by atoms with van der Waals surface area (Å²) in [5.41, 5.74) is 3.06. The monoisotopic (exact) mass is 471 g/mol. The van der Waals surface area contributed by atoms with Crippen molar-refractivity contribution in [3.05, 3.63) is 94.6 Å². The third-order valence-electron chi connectivity index (χ3n) is 6.21. The fourth-order valence-electron chi connectivity index (χ4n) is 4.45. The second-order valence-electron chi connectivity index (χ2n) is 9.76. The molecular formula is C29H29NO5. The predicted octanol–water partition coefficient (Wildman–Crippen LogP) is 5.63. The van der Waals surface area contributed by atoms with Gasteiger partial charge >= 0.3 is 0 Å². The molecule has 1 saturated heterocycles. The number of amides is 1. The minimum Gasteiger partial charge on any atom is -0.508 e. The number of aliphatic hydroxyl groups is 1. The zero-order valence-electron chi connectivity index (χ0n) is 20.5. The van der Waals surface area contributed by atoms with E-state index in [1.165, 1.54) is 17.0 Å². The van der Waals surface area contributed by atoms with Crippen LogP contribution in [0.3, 0.4) is 0 Å². The van der Waals surface area contributed by atoms with Crippen molar-refractivity contribution in [2.45, 2.75) is 39.2 Å². The van der Waals surface area contributed by atoms with E-state index in [9.17, 15) is 19.8 Å². The number of anilines is 1. The number of carbonyl (C=O) groups excluding carboxylic acids is 2. The summed E-state index contributed by atoms with van der Waals surface area (Å²) in [7, 11) is 1.59. The molecule has 1 unspecified atom stereocenters. The lowest BCUT2D eigenvalue weighted by atomic mass is 9.84. The molecule has 1 atom stereocenters. The third kappa shape index (κ3) is 4.39. The Hall–Kier alpha value is -4.06. The van der Waals surface area contributed by atoms with E-state index in [0.717, 1.165) is 11.1 Å². The summed E-state index contributed by atoms with van der Waals surface area (Å²) in [4.78, 5) is 28.1. The number of aryl methyl sites for hydroxylation is 1. The van der Waals surface area contributed by atoms with Crippen LogP contribution in [-0.4, -0.2) is 29.0 Å². The van der Waals surface area contributed by atoms with Gasteiger partial charge in [0, 0.05) is 16.8 Å². The summed E-state index contributed by atoms with van der Waals surface area (Å²) in [6.45, 7) is 7.99. The molecular weight excluding hydrogens is 442 g/mol. The van der Waals surface area contributed by atoms with Crippen LogP contribution in [0, 0.1) is 6.92 Å². The average Bonchev–Trinajstić information content (AvgIpc) is 3.08. The Bertz CT molecular complexity index is 1330. The maximum atomic E-state index is 13.4. The fourth-order valence-corrected chi connectivity index (χ4v) is 4.45. The van der Waals surface area contributed by atoms with E-state index in [4.69, 9.17) is 4.74 Å². The second kappa shape index (κ2) is 8.95. The molecule has 0 bridgehead atoms.